The fourth-order valence-electron chi connectivity index (χ4n) is 2.25. The number of fused-ring (bicyclic) bond motifs is 1. The van der Waals surface area contributed by atoms with Gasteiger partial charge in [0.15, 0.2) is 0 Å². The number of rotatable bonds is 3. The number of nitrogens with zero attached hydrogens (tertiary/aromatic N) is 1. The zero-order valence-electron chi connectivity index (χ0n) is 11.7. The maximum absolute atomic E-state index is 11.9. The molecule has 0 saturated carbocycles. The predicted molar refractivity (Wildman–Crippen MR) is 87.1 cm³/mol. The van der Waals surface area contributed by atoms with Crippen LogP contribution in [0.3, 0.4) is 0 Å². The molecule has 0 radical (unpaired) electrons. The second-order valence-electron chi connectivity index (χ2n) is 4.78. The van der Waals surface area contributed by atoms with Crippen molar-refractivity contribution in [2.45, 2.75) is 0 Å². The number of aromatic hydroxyl groups is 1. The first kappa shape index (κ1) is 13.8. The van der Waals surface area contributed by atoms with Gasteiger partial charge in [-0.3, -0.25) is 4.79 Å². The fraction of sp³-hybridized carbons (Fsp3) is 0. The van der Waals surface area contributed by atoms with E-state index in [0.717, 1.165) is 16.3 Å². The number of hydrogen-bond donors (Lipinski definition) is 2. The minimum atomic E-state index is -0.449. The second kappa shape index (κ2) is 6.10. The predicted octanol–water partition coefficient (Wildman–Crippen LogP) is 3.31. The molecule has 4 heteroatoms. The third-order valence-electron chi connectivity index (χ3n) is 3.34. The highest BCUT2D eigenvalue weighted by Crippen LogP contribution is 2.17. The molecule has 1 amide bonds. The van der Waals surface area contributed by atoms with Crippen LogP contribution in [0.1, 0.15) is 15.9 Å². The van der Waals surface area contributed by atoms with Gasteiger partial charge in [-0.05, 0) is 22.9 Å². The third-order valence-corrected chi connectivity index (χ3v) is 3.34. The molecule has 0 atom stereocenters. The van der Waals surface area contributed by atoms with Gasteiger partial charge in [0.05, 0.1) is 11.8 Å². The van der Waals surface area contributed by atoms with E-state index in [1.807, 2.05) is 42.5 Å². The highest BCUT2D eigenvalue weighted by atomic mass is 16.3. The van der Waals surface area contributed by atoms with Crippen LogP contribution in [0.2, 0.25) is 0 Å². The van der Waals surface area contributed by atoms with Crippen LogP contribution in [0.25, 0.3) is 10.8 Å². The molecule has 3 aromatic rings. The topological polar surface area (TPSA) is 61.7 Å². The van der Waals surface area contributed by atoms with E-state index in [1.54, 1.807) is 18.3 Å². The van der Waals surface area contributed by atoms with Crippen molar-refractivity contribution in [3.8, 4) is 5.75 Å². The Morgan fingerprint density at radius 1 is 0.955 bits per heavy atom. The van der Waals surface area contributed by atoms with E-state index in [1.165, 1.54) is 12.1 Å². The lowest BCUT2D eigenvalue weighted by atomic mass is 10.1. The summed E-state index contributed by atoms with van der Waals surface area (Å²) in [6.45, 7) is 0. The Kier molecular flexibility index (Phi) is 3.83. The van der Waals surface area contributed by atoms with Crippen LogP contribution in [0, 0.1) is 0 Å². The van der Waals surface area contributed by atoms with Crippen molar-refractivity contribution in [1.82, 2.24) is 5.43 Å². The molecule has 0 aliphatic rings. The Balaban J connectivity index is 1.80. The summed E-state index contributed by atoms with van der Waals surface area (Å²) in [4.78, 5) is 11.9. The number of amides is 1. The van der Waals surface area contributed by atoms with E-state index in [2.05, 4.69) is 10.5 Å². The Morgan fingerprint density at radius 2 is 1.68 bits per heavy atom. The van der Waals surface area contributed by atoms with Crippen molar-refractivity contribution in [3.63, 3.8) is 0 Å². The minimum absolute atomic E-state index is 0.0691. The molecule has 0 fully saturated rings. The van der Waals surface area contributed by atoms with Gasteiger partial charge in [-0.2, -0.15) is 5.10 Å². The Hall–Kier alpha value is -3.14. The summed E-state index contributed by atoms with van der Waals surface area (Å²) in [5.41, 5.74) is 3.53. The normalized spacial score (nSPS) is 10.9. The van der Waals surface area contributed by atoms with Crippen molar-refractivity contribution in [2.24, 2.45) is 5.10 Å². The smallest absolute Gasteiger partial charge is 0.275 e. The number of benzene rings is 3. The molecule has 0 aliphatic heterocycles. The zero-order chi connectivity index (χ0) is 15.4. The average Bonchev–Trinajstić information content (AvgIpc) is 2.55. The van der Waals surface area contributed by atoms with Gasteiger partial charge in [0.1, 0.15) is 5.75 Å². The number of phenolic OH excluding ortho intramolecular Hbond substituents is 1. The first-order valence-electron chi connectivity index (χ1n) is 6.85. The quantitative estimate of drug-likeness (QED) is 0.574. The van der Waals surface area contributed by atoms with E-state index in [4.69, 9.17) is 0 Å². The molecular weight excluding hydrogens is 276 g/mol. The van der Waals surface area contributed by atoms with E-state index in [9.17, 15) is 9.90 Å². The van der Waals surface area contributed by atoms with Gasteiger partial charge >= 0.3 is 0 Å². The van der Waals surface area contributed by atoms with Crippen LogP contribution in [0.15, 0.2) is 71.8 Å². The highest BCUT2D eigenvalue weighted by molar-refractivity contribution is 6.01. The lowest BCUT2D eigenvalue weighted by Gasteiger charge is -2.03. The van der Waals surface area contributed by atoms with Crippen molar-refractivity contribution in [3.05, 3.63) is 77.9 Å². The van der Waals surface area contributed by atoms with Gasteiger partial charge in [-0.15, -0.1) is 0 Å². The molecule has 22 heavy (non-hydrogen) atoms. The molecule has 0 unspecified atom stereocenters. The van der Waals surface area contributed by atoms with Gasteiger partial charge in [-0.25, -0.2) is 5.43 Å². The Morgan fingerprint density at radius 3 is 2.55 bits per heavy atom. The summed E-state index contributed by atoms with van der Waals surface area (Å²) in [5.74, 6) is -0.519. The summed E-state index contributed by atoms with van der Waals surface area (Å²) in [5, 5.41) is 15.8. The number of para-hydroxylation sites is 1. The standard InChI is InChI=1S/C18H14N2O2/c21-17-11-4-3-10-16(17)18(22)20-19-12-14-8-5-7-13-6-1-2-9-15(13)14/h1-12,21H,(H,20,22). The van der Waals surface area contributed by atoms with Gasteiger partial charge in [0.2, 0.25) is 0 Å². The zero-order valence-corrected chi connectivity index (χ0v) is 11.7. The lowest BCUT2D eigenvalue weighted by Crippen LogP contribution is -2.17. The lowest BCUT2D eigenvalue weighted by molar-refractivity contribution is 0.0952. The van der Waals surface area contributed by atoms with Crippen LogP contribution in [0.4, 0.5) is 0 Å². The number of nitrogens with one attached hydrogen (secondary N) is 1. The molecule has 0 aliphatic carbocycles. The SMILES string of the molecule is O=C(NN=Cc1cccc2ccccc12)c1ccccc1O. The molecule has 3 aromatic carbocycles. The molecule has 3 rings (SSSR count). The summed E-state index contributed by atoms with van der Waals surface area (Å²) in [6.07, 6.45) is 1.60. The van der Waals surface area contributed by atoms with E-state index in [-0.39, 0.29) is 11.3 Å². The van der Waals surface area contributed by atoms with Gasteiger partial charge in [0, 0.05) is 5.56 Å². The van der Waals surface area contributed by atoms with Crippen molar-refractivity contribution >= 4 is 22.9 Å². The van der Waals surface area contributed by atoms with Crippen LogP contribution >= 0.6 is 0 Å². The minimum Gasteiger partial charge on any atom is -0.507 e. The Bertz CT molecular complexity index is 851. The van der Waals surface area contributed by atoms with Crippen LogP contribution in [-0.2, 0) is 0 Å². The number of carbonyl (C=O) groups excluding carboxylic acids is 1. The van der Waals surface area contributed by atoms with Crippen molar-refractivity contribution in [2.75, 3.05) is 0 Å². The van der Waals surface area contributed by atoms with Gasteiger partial charge in [-0.1, -0.05) is 54.6 Å². The molecule has 0 aromatic heterocycles. The molecular formula is C18H14N2O2. The molecule has 0 spiro atoms. The largest absolute Gasteiger partial charge is 0.507 e. The van der Waals surface area contributed by atoms with E-state index < -0.39 is 5.91 Å². The van der Waals surface area contributed by atoms with Crippen LogP contribution in [0.5, 0.6) is 5.75 Å². The molecule has 2 N–H and O–H groups in total. The average molecular weight is 290 g/mol. The number of hydrazone groups is 1. The molecule has 108 valence electrons. The maximum Gasteiger partial charge on any atom is 0.275 e. The number of phenols is 1. The molecule has 0 heterocycles. The molecule has 0 saturated heterocycles. The third kappa shape index (κ3) is 2.81. The first-order chi connectivity index (χ1) is 10.8. The van der Waals surface area contributed by atoms with Crippen LogP contribution < -0.4 is 5.43 Å². The van der Waals surface area contributed by atoms with Gasteiger partial charge in [0.25, 0.3) is 5.91 Å². The van der Waals surface area contributed by atoms with Crippen molar-refractivity contribution < 1.29 is 9.90 Å². The second-order valence-corrected chi connectivity index (χ2v) is 4.78. The van der Waals surface area contributed by atoms with Gasteiger partial charge < -0.3 is 5.11 Å². The summed E-state index contributed by atoms with van der Waals surface area (Å²) < 4.78 is 0. The molecule has 4 nitrogen and oxygen atoms in total. The Labute approximate surface area is 127 Å². The summed E-state index contributed by atoms with van der Waals surface area (Å²) in [6, 6.07) is 20.2. The first-order valence-corrected chi connectivity index (χ1v) is 6.85. The number of hydrogen-bond acceptors (Lipinski definition) is 3. The van der Waals surface area contributed by atoms with E-state index in [0.29, 0.717) is 0 Å². The van der Waals surface area contributed by atoms with E-state index >= 15 is 0 Å². The highest BCUT2D eigenvalue weighted by Gasteiger charge is 2.08. The molecule has 0 bridgehead atoms. The fourth-order valence-corrected chi connectivity index (χ4v) is 2.25. The summed E-state index contributed by atoms with van der Waals surface area (Å²) >= 11 is 0. The van der Waals surface area contributed by atoms with Crippen LogP contribution in [-0.4, -0.2) is 17.2 Å². The maximum atomic E-state index is 11.9. The monoisotopic (exact) mass is 290 g/mol. The van der Waals surface area contributed by atoms with Crippen molar-refractivity contribution in [1.29, 1.82) is 0 Å². The number of carbonyl (C=O) groups is 1. The summed E-state index contributed by atoms with van der Waals surface area (Å²) in [7, 11) is 0.